The van der Waals surface area contributed by atoms with Crippen LogP contribution in [0.15, 0.2) is 19.8 Å². The van der Waals surface area contributed by atoms with Crippen LogP contribution in [0.2, 0.25) is 0 Å². The van der Waals surface area contributed by atoms with Crippen molar-refractivity contribution < 1.29 is 18.5 Å². The van der Waals surface area contributed by atoms with E-state index >= 15 is 0 Å². The first kappa shape index (κ1) is 20.8. The summed E-state index contributed by atoms with van der Waals surface area (Å²) in [5.74, 6) is 1.95. The van der Waals surface area contributed by atoms with Gasteiger partial charge >= 0.3 is 5.63 Å². The lowest BCUT2D eigenvalue weighted by Gasteiger charge is -2.31. The van der Waals surface area contributed by atoms with Crippen molar-refractivity contribution in [1.82, 2.24) is 15.0 Å². The highest BCUT2D eigenvalue weighted by molar-refractivity contribution is 5.95. The predicted octanol–water partition coefficient (Wildman–Crippen LogP) is 3.37. The van der Waals surface area contributed by atoms with E-state index in [4.69, 9.17) is 13.7 Å². The van der Waals surface area contributed by atoms with Gasteiger partial charge in [0, 0.05) is 38.1 Å². The third kappa shape index (κ3) is 4.19. The van der Waals surface area contributed by atoms with Crippen LogP contribution < -0.4 is 5.63 Å². The molecule has 0 spiro atoms. The van der Waals surface area contributed by atoms with Crippen LogP contribution in [0, 0.1) is 6.92 Å². The number of hydrogen-bond acceptors (Lipinski definition) is 7. The summed E-state index contributed by atoms with van der Waals surface area (Å²) in [7, 11) is 0. The van der Waals surface area contributed by atoms with Gasteiger partial charge in [-0.1, -0.05) is 19.0 Å². The van der Waals surface area contributed by atoms with Gasteiger partial charge in [0.1, 0.15) is 11.3 Å². The molecule has 1 atom stereocenters. The van der Waals surface area contributed by atoms with E-state index in [2.05, 4.69) is 10.1 Å². The zero-order valence-corrected chi connectivity index (χ0v) is 17.8. The Morgan fingerprint density at radius 1 is 1.20 bits per heavy atom. The van der Waals surface area contributed by atoms with Gasteiger partial charge in [0.2, 0.25) is 5.89 Å². The Morgan fingerprint density at radius 2 is 1.97 bits per heavy atom. The number of carbonyl (C=O) groups excluding carboxylic acids is 1. The van der Waals surface area contributed by atoms with Crippen LogP contribution in [-0.2, 0) is 4.74 Å². The summed E-state index contributed by atoms with van der Waals surface area (Å²) < 4.78 is 16.4. The van der Waals surface area contributed by atoms with E-state index in [-0.39, 0.29) is 29.2 Å². The van der Waals surface area contributed by atoms with Crippen molar-refractivity contribution in [2.24, 2.45) is 0 Å². The molecule has 8 nitrogen and oxygen atoms in total. The lowest BCUT2D eigenvalue weighted by atomic mass is 9.94. The largest absolute Gasteiger partial charge is 0.427 e. The molecule has 4 rings (SSSR count). The first-order valence-corrected chi connectivity index (χ1v) is 10.8. The summed E-state index contributed by atoms with van der Waals surface area (Å²) >= 11 is 0. The van der Waals surface area contributed by atoms with E-state index in [0.717, 1.165) is 25.7 Å². The molecule has 4 heterocycles. The number of likely N-dealkylation sites (tertiary alicyclic amines) is 1. The molecule has 2 fully saturated rings. The summed E-state index contributed by atoms with van der Waals surface area (Å²) in [4.78, 5) is 32.1. The minimum absolute atomic E-state index is 0.0171. The fourth-order valence-corrected chi connectivity index (χ4v) is 4.24. The monoisotopic (exact) mass is 415 g/mol. The van der Waals surface area contributed by atoms with Gasteiger partial charge in [-0.2, -0.15) is 4.98 Å². The Kier molecular flexibility index (Phi) is 6.04. The predicted molar refractivity (Wildman–Crippen MR) is 109 cm³/mol. The minimum Gasteiger partial charge on any atom is -0.427 e. The van der Waals surface area contributed by atoms with Crippen LogP contribution in [-0.4, -0.2) is 47.3 Å². The molecular formula is C22H29N3O5. The zero-order valence-electron chi connectivity index (χ0n) is 17.8. The summed E-state index contributed by atoms with van der Waals surface area (Å²) in [5, 5.41) is 4.04. The van der Waals surface area contributed by atoms with Crippen molar-refractivity contribution in [2.75, 3.05) is 26.3 Å². The molecule has 2 saturated heterocycles. The highest BCUT2D eigenvalue weighted by Gasteiger charge is 2.32. The zero-order chi connectivity index (χ0) is 21.3. The second-order valence-corrected chi connectivity index (χ2v) is 8.62. The second kappa shape index (κ2) is 8.71. The molecule has 2 aliphatic rings. The van der Waals surface area contributed by atoms with Crippen LogP contribution in [0.1, 0.15) is 90.7 Å². The molecule has 0 N–H and O–H groups in total. The summed E-state index contributed by atoms with van der Waals surface area (Å²) in [6.07, 6.45) is 3.35. The van der Waals surface area contributed by atoms with Crippen molar-refractivity contribution in [2.45, 2.75) is 64.2 Å². The Morgan fingerprint density at radius 3 is 2.63 bits per heavy atom. The Labute approximate surface area is 175 Å². The maximum Gasteiger partial charge on any atom is 0.349 e. The van der Waals surface area contributed by atoms with Crippen LogP contribution in [0.5, 0.6) is 0 Å². The van der Waals surface area contributed by atoms with E-state index in [1.807, 2.05) is 19.9 Å². The molecule has 30 heavy (non-hydrogen) atoms. The number of ether oxygens (including phenoxy) is 1. The van der Waals surface area contributed by atoms with Gasteiger partial charge in [-0.05, 0) is 44.2 Å². The first-order chi connectivity index (χ1) is 14.4. The topological polar surface area (TPSA) is 98.7 Å². The van der Waals surface area contributed by atoms with Crippen molar-refractivity contribution in [3.05, 3.63) is 45.1 Å². The molecule has 2 aromatic heterocycles. The van der Waals surface area contributed by atoms with Gasteiger partial charge in [0.05, 0.1) is 5.92 Å². The van der Waals surface area contributed by atoms with Gasteiger partial charge < -0.3 is 18.6 Å². The molecule has 0 radical (unpaired) electrons. The molecule has 0 aliphatic carbocycles. The maximum atomic E-state index is 13.2. The van der Waals surface area contributed by atoms with Crippen LogP contribution in [0.25, 0.3) is 0 Å². The summed E-state index contributed by atoms with van der Waals surface area (Å²) in [5.41, 5.74) is 0.239. The molecule has 0 bridgehead atoms. The van der Waals surface area contributed by atoms with E-state index in [0.29, 0.717) is 49.3 Å². The number of hydrogen-bond donors (Lipinski definition) is 0. The van der Waals surface area contributed by atoms with E-state index in [1.165, 1.54) is 0 Å². The van der Waals surface area contributed by atoms with Gasteiger partial charge in [0.25, 0.3) is 5.91 Å². The lowest BCUT2D eigenvalue weighted by Crippen LogP contribution is -2.41. The fourth-order valence-electron chi connectivity index (χ4n) is 4.24. The van der Waals surface area contributed by atoms with Gasteiger partial charge in [-0.15, -0.1) is 0 Å². The average Bonchev–Trinajstić information content (AvgIpc) is 3.25. The number of rotatable bonds is 4. The van der Waals surface area contributed by atoms with Gasteiger partial charge in [-0.25, -0.2) is 4.79 Å². The fraction of sp³-hybridized carbons (Fsp3) is 0.636. The summed E-state index contributed by atoms with van der Waals surface area (Å²) in [6.45, 7) is 8.21. The second-order valence-electron chi connectivity index (χ2n) is 8.62. The van der Waals surface area contributed by atoms with E-state index in [1.54, 1.807) is 11.8 Å². The standard InChI is InChI=1S/C22H29N3O5/c1-13(2)19-23-20(30-24-19)16-5-4-8-25(12-16)21(26)18-14(3)11-17(29-22(18)27)15-6-9-28-10-7-15/h11,13,15-16H,4-10,12H2,1-3H3. The number of carbonyl (C=O) groups is 1. The highest BCUT2D eigenvalue weighted by atomic mass is 16.5. The minimum atomic E-state index is -0.552. The lowest BCUT2D eigenvalue weighted by molar-refractivity contribution is 0.0685. The van der Waals surface area contributed by atoms with Crippen LogP contribution >= 0.6 is 0 Å². The van der Waals surface area contributed by atoms with Crippen molar-refractivity contribution in [3.8, 4) is 0 Å². The van der Waals surface area contributed by atoms with Crippen LogP contribution in [0.4, 0.5) is 0 Å². The molecule has 1 amide bonds. The molecule has 0 aromatic carbocycles. The normalized spacial score (nSPS) is 20.7. The quantitative estimate of drug-likeness (QED) is 0.755. The molecule has 0 saturated carbocycles. The molecular weight excluding hydrogens is 386 g/mol. The third-order valence-corrected chi connectivity index (χ3v) is 6.04. The smallest absolute Gasteiger partial charge is 0.349 e. The number of aryl methyl sites for hydroxylation is 1. The number of amides is 1. The van der Waals surface area contributed by atoms with E-state index < -0.39 is 5.63 Å². The Balaban J connectivity index is 1.52. The highest BCUT2D eigenvalue weighted by Crippen LogP contribution is 2.29. The molecule has 1 unspecified atom stereocenters. The molecule has 162 valence electrons. The van der Waals surface area contributed by atoms with E-state index in [9.17, 15) is 9.59 Å². The average molecular weight is 415 g/mol. The van der Waals surface area contributed by atoms with Crippen LogP contribution in [0.3, 0.4) is 0 Å². The Hall–Kier alpha value is -2.48. The van der Waals surface area contributed by atoms with Crippen molar-refractivity contribution >= 4 is 5.91 Å². The number of piperidine rings is 1. The van der Waals surface area contributed by atoms with Gasteiger partial charge in [0.15, 0.2) is 5.82 Å². The molecule has 2 aromatic rings. The maximum absolute atomic E-state index is 13.2. The first-order valence-electron chi connectivity index (χ1n) is 10.8. The van der Waals surface area contributed by atoms with Crippen molar-refractivity contribution in [1.29, 1.82) is 0 Å². The molecule has 8 heteroatoms. The SMILES string of the molecule is Cc1cc(C2CCOCC2)oc(=O)c1C(=O)N1CCCC(c2nc(C(C)C)no2)C1. The third-order valence-electron chi connectivity index (χ3n) is 6.04. The summed E-state index contributed by atoms with van der Waals surface area (Å²) in [6, 6.07) is 1.85. The number of aromatic nitrogens is 2. The van der Waals surface area contributed by atoms with Crippen molar-refractivity contribution in [3.63, 3.8) is 0 Å². The molecule has 2 aliphatic heterocycles. The number of nitrogens with zero attached hydrogens (tertiary/aromatic N) is 3. The Bertz CT molecular complexity index is 958. The van der Waals surface area contributed by atoms with Gasteiger partial charge in [-0.3, -0.25) is 4.79 Å².